The smallest absolute Gasteiger partial charge is 0.261 e. The number of hydrogen-bond donors (Lipinski definition) is 2. The average Bonchev–Trinajstić information content (AvgIpc) is 2.92. The number of benzene rings is 1. The highest BCUT2D eigenvalue weighted by Gasteiger charge is 2.15. The van der Waals surface area contributed by atoms with Crippen LogP contribution in [0.2, 0.25) is 0 Å². The number of hydrogen-bond acceptors (Lipinski definition) is 5. The number of aromatic nitrogens is 3. The summed E-state index contributed by atoms with van der Waals surface area (Å²) in [6.45, 7) is 3.75. The molecule has 0 aliphatic heterocycles. The maximum atomic E-state index is 12.5. The number of rotatable bonds is 4. The van der Waals surface area contributed by atoms with Gasteiger partial charge in [0.05, 0.1) is 12.5 Å². The summed E-state index contributed by atoms with van der Waals surface area (Å²) in [5.41, 5.74) is 3.50. The fourth-order valence-electron chi connectivity index (χ4n) is 2.46. The second-order valence-electron chi connectivity index (χ2n) is 5.74. The first-order valence-corrected chi connectivity index (χ1v) is 9.33. The van der Waals surface area contributed by atoms with E-state index in [1.165, 1.54) is 6.20 Å². The lowest BCUT2D eigenvalue weighted by Crippen LogP contribution is -2.13. The minimum atomic E-state index is -3.34. The highest BCUT2D eigenvalue weighted by Crippen LogP contribution is 2.17. The van der Waals surface area contributed by atoms with Crippen LogP contribution in [0.1, 0.15) is 21.7 Å². The van der Waals surface area contributed by atoms with Crippen molar-refractivity contribution in [2.75, 3.05) is 16.3 Å². The maximum absolute atomic E-state index is 12.5. The number of sulfonamides is 1. The Kier molecular flexibility index (Phi) is 4.17. The largest absolute Gasteiger partial charge is 0.322 e. The molecule has 8 nitrogen and oxygen atoms in total. The third-order valence-electron chi connectivity index (χ3n) is 3.47. The number of anilines is 2. The third kappa shape index (κ3) is 3.77. The van der Waals surface area contributed by atoms with Gasteiger partial charge in [-0.25, -0.2) is 17.9 Å². The molecular formula is C16H17N5O3S. The van der Waals surface area contributed by atoms with Crippen molar-refractivity contribution in [3.05, 3.63) is 53.5 Å². The van der Waals surface area contributed by atoms with Gasteiger partial charge in [0.1, 0.15) is 5.56 Å². The van der Waals surface area contributed by atoms with Gasteiger partial charge in [0.2, 0.25) is 10.0 Å². The number of amides is 1. The van der Waals surface area contributed by atoms with E-state index in [-0.39, 0.29) is 5.91 Å². The molecule has 0 atom stereocenters. The fraction of sp³-hybridized carbons (Fsp3) is 0.188. The summed E-state index contributed by atoms with van der Waals surface area (Å²) >= 11 is 0. The van der Waals surface area contributed by atoms with E-state index in [0.717, 1.165) is 17.6 Å². The molecule has 3 rings (SSSR count). The molecule has 0 spiro atoms. The Morgan fingerprint density at radius 3 is 2.40 bits per heavy atom. The zero-order valence-electron chi connectivity index (χ0n) is 13.9. The number of nitrogens with one attached hydrogen (secondary N) is 2. The Hall–Kier alpha value is -2.94. The standard InChI is InChI=1S/C16H17N5O3S/c1-10-8-11(2)21-15(18-10)14(9-17-21)16(22)19-12-4-6-13(7-5-12)20-25(3,23)24/h4-9,20H,1-3H3,(H,19,22). The summed E-state index contributed by atoms with van der Waals surface area (Å²) in [4.78, 5) is 16.9. The van der Waals surface area contributed by atoms with E-state index in [1.807, 2.05) is 19.9 Å². The lowest BCUT2D eigenvalue weighted by molar-refractivity contribution is 0.102. The van der Waals surface area contributed by atoms with Gasteiger partial charge in [-0.1, -0.05) is 0 Å². The normalized spacial score (nSPS) is 11.5. The summed E-state index contributed by atoms with van der Waals surface area (Å²) in [5.74, 6) is -0.337. The molecule has 0 aliphatic carbocycles. The quantitative estimate of drug-likeness (QED) is 0.741. The van der Waals surface area contributed by atoms with E-state index in [9.17, 15) is 13.2 Å². The van der Waals surface area contributed by atoms with Gasteiger partial charge < -0.3 is 5.32 Å². The molecule has 0 unspecified atom stereocenters. The van der Waals surface area contributed by atoms with Crippen LogP contribution in [0, 0.1) is 13.8 Å². The Morgan fingerprint density at radius 2 is 1.76 bits per heavy atom. The molecule has 2 heterocycles. The molecule has 0 aliphatic rings. The van der Waals surface area contributed by atoms with E-state index in [4.69, 9.17) is 0 Å². The van der Waals surface area contributed by atoms with Crippen molar-refractivity contribution in [3.8, 4) is 0 Å². The zero-order chi connectivity index (χ0) is 18.2. The molecule has 0 radical (unpaired) electrons. The summed E-state index contributed by atoms with van der Waals surface area (Å²) in [7, 11) is -3.34. The van der Waals surface area contributed by atoms with Gasteiger partial charge >= 0.3 is 0 Å². The van der Waals surface area contributed by atoms with Crippen LogP contribution in [0.15, 0.2) is 36.5 Å². The van der Waals surface area contributed by atoms with Crippen LogP contribution in [0.25, 0.3) is 5.65 Å². The van der Waals surface area contributed by atoms with E-state index in [0.29, 0.717) is 22.6 Å². The summed E-state index contributed by atoms with van der Waals surface area (Å²) in [6, 6.07) is 8.25. The number of nitrogens with zero attached hydrogens (tertiary/aromatic N) is 3. The van der Waals surface area contributed by atoms with Crippen molar-refractivity contribution < 1.29 is 13.2 Å². The summed E-state index contributed by atoms with van der Waals surface area (Å²) in [5, 5.41) is 6.95. The first-order valence-electron chi connectivity index (χ1n) is 7.44. The van der Waals surface area contributed by atoms with E-state index in [2.05, 4.69) is 20.1 Å². The van der Waals surface area contributed by atoms with Crippen LogP contribution in [0.3, 0.4) is 0 Å². The van der Waals surface area contributed by atoms with E-state index >= 15 is 0 Å². The fourth-order valence-corrected chi connectivity index (χ4v) is 3.03. The van der Waals surface area contributed by atoms with Gasteiger partial charge in [0.15, 0.2) is 5.65 Å². The molecule has 0 fully saturated rings. The van der Waals surface area contributed by atoms with Crippen LogP contribution in [0.5, 0.6) is 0 Å². The zero-order valence-corrected chi connectivity index (χ0v) is 14.8. The molecule has 2 aromatic heterocycles. The summed E-state index contributed by atoms with van der Waals surface area (Å²) < 4.78 is 26.4. The van der Waals surface area contributed by atoms with Crippen LogP contribution in [-0.4, -0.2) is 35.2 Å². The average molecular weight is 359 g/mol. The molecule has 3 aromatic rings. The topological polar surface area (TPSA) is 105 Å². The molecule has 130 valence electrons. The van der Waals surface area contributed by atoms with Crippen molar-refractivity contribution in [2.24, 2.45) is 0 Å². The SMILES string of the molecule is Cc1cc(C)n2ncc(C(=O)Nc3ccc(NS(C)(=O)=O)cc3)c2n1. The minimum absolute atomic E-state index is 0.337. The summed E-state index contributed by atoms with van der Waals surface area (Å²) in [6.07, 6.45) is 2.55. The molecule has 2 N–H and O–H groups in total. The van der Waals surface area contributed by atoms with Gasteiger partial charge in [-0.3, -0.25) is 9.52 Å². The highest BCUT2D eigenvalue weighted by molar-refractivity contribution is 7.92. The monoisotopic (exact) mass is 359 g/mol. The predicted octanol–water partition coefficient (Wildman–Crippen LogP) is 1.97. The van der Waals surface area contributed by atoms with Crippen molar-refractivity contribution >= 4 is 33.0 Å². The first kappa shape index (κ1) is 16.9. The molecular weight excluding hydrogens is 342 g/mol. The minimum Gasteiger partial charge on any atom is -0.322 e. The second kappa shape index (κ2) is 6.17. The van der Waals surface area contributed by atoms with Crippen molar-refractivity contribution in [3.63, 3.8) is 0 Å². The lowest BCUT2D eigenvalue weighted by atomic mass is 10.2. The molecule has 1 aromatic carbocycles. The molecule has 1 amide bonds. The first-order chi connectivity index (χ1) is 11.7. The van der Waals surface area contributed by atoms with Gasteiger partial charge in [-0.2, -0.15) is 5.10 Å². The number of carbonyl (C=O) groups is 1. The number of carbonyl (C=O) groups excluding carboxylic acids is 1. The number of aryl methyl sites for hydroxylation is 2. The Balaban J connectivity index is 1.83. The lowest BCUT2D eigenvalue weighted by Gasteiger charge is -2.07. The van der Waals surface area contributed by atoms with Crippen LogP contribution >= 0.6 is 0 Å². The van der Waals surface area contributed by atoms with Gasteiger partial charge in [-0.05, 0) is 44.2 Å². The number of fused-ring (bicyclic) bond motifs is 1. The second-order valence-corrected chi connectivity index (χ2v) is 7.49. The third-order valence-corrected chi connectivity index (χ3v) is 4.08. The van der Waals surface area contributed by atoms with Crippen LogP contribution < -0.4 is 10.0 Å². The van der Waals surface area contributed by atoms with Gasteiger partial charge in [-0.15, -0.1) is 0 Å². The van der Waals surface area contributed by atoms with Crippen molar-refractivity contribution in [1.82, 2.24) is 14.6 Å². The predicted molar refractivity (Wildman–Crippen MR) is 95.3 cm³/mol. The van der Waals surface area contributed by atoms with Crippen molar-refractivity contribution in [1.29, 1.82) is 0 Å². The highest BCUT2D eigenvalue weighted by atomic mass is 32.2. The van der Waals surface area contributed by atoms with E-state index < -0.39 is 10.0 Å². The van der Waals surface area contributed by atoms with E-state index in [1.54, 1.807) is 28.8 Å². The van der Waals surface area contributed by atoms with Crippen LogP contribution in [0.4, 0.5) is 11.4 Å². The molecule has 0 saturated heterocycles. The Labute approximate surface area is 144 Å². The van der Waals surface area contributed by atoms with Crippen LogP contribution in [-0.2, 0) is 10.0 Å². The molecule has 9 heteroatoms. The Morgan fingerprint density at radius 1 is 1.12 bits per heavy atom. The van der Waals surface area contributed by atoms with Gasteiger partial charge in [0, 0.05) is 22.8 Å². The van der Waals surface area contributed by atoms with Gasteiger partial charge in [0.25, 0.3) is 5.91 Å². The molecule has 0 saturated carbocycles. The van der Waals surface area contributed by atoms with Crippen molar-refractivity contribution in [2.45, 2.75) is 13.8 Å². The molecule has 25 heavy (non-hydrogen) atoms. The Bertz CT molecular complexity index is 1060. The maximum Gasteiger partial charge on any atom is 0.261 e. The molecule has 0 bridgehead atoms.